The van der Waals surface area contributed by atoms with Crippen LogP contribution in [0.15, 0.2) is 46.0 Å². The maximum atomic E-state index is 13.5. The van der Waals surface area contributed by atoms with Crippen LogP contribution in [0.5, 0.6) is 0 Å². The molecule has 2 rings (SSSR count). The monoisotopic (exact) mass is 351 g/mol. The molecule has 0 saturated carbocycles. The van der Waals surface area contributed by atoms with Gasteiger partial charge in [0.05, 0.1) is 6.26 Å². The van der Waals surface area contributed by atoms with Crippen LogP contribution in [0.1, 0.15) is 17.7 Å². The van der Waals surface area contributed by atoms with E-state index in [-0.39, 0.29) is 12.0 Å². The van der Waals surface area contributed by atoms with Gasteiger partial charge in [-0.2, -0.15) is 0 Å². The summed E-state index contributed by atoms with van der Waals surface area (Å²) in [6.45, 7) is 2.09. The van der Waals surface area contributed by atoms with Gasteiger partial charge in [-0.15, -0.1) is 0 Å². The van der Waals surface area contributed by atoms with Crippen molar-refractivity contribution in [1.82, 2.24) is 10.6 Å². The minimum Gasteiger partial charge on any atom is -0.467 e. The molecule has 0 amide bonds. The molecule has 0 spiro atoms. The number of ether oxygens (including phenoxy) is 1. The number of hydrogen-bond acceptors (Lipinski definition) is 3. The number of benzene rings is 1. The molecule has 0 aliphatic heterocycles. The van der Waals surface area contributed by atoms with Crippen LogP contribution in [0.2, 0.25) is 0 Å². The lowest BCUT2D eigenvalue weighted by Crippen LogP contribution is -2.39. The fraction of sp³-hybridized carbons (Fsp3) is 0.389. The first kappa shape index (κ1) is 18.9. The smallest absolute Gasteiger partial charge is 0.190 e. The SMILES string of the molecule is CN=C(NCCCOCc1ccco1)NCCc1c(F)cccc1F. The maximum absolute atomic E-state index is 13.5. The molecule has 1 aromatic heterocycles. The molecule has 5 nitrogen and oxygen atoms in total. The van der Waals surface area contributed by atoms with Gasteiger partial charge in [0.1, 0.15) is 24.0 Å². The van der Waals surface area contributed by atoms with Crippen molar-refractivity contribution in [3.05, 3.63) is 59.6 Å². The predicted octanol–water partition coefficient (Wildman–Crippen LogP) is 2.87. The highest BCUT2D eigenvalue weighted by Gasteiger charge is 2.08. The number of rotatable bonds is 9. The van der Waals surface area contributed by atoms with Crippen molar-refractivity contribution < 1.29 is 17.9 Å². The van der Waals surface area contributed by atoms with Crippen molar-refractivity contribution in [2.75, 3.05) is 26.7 Å². The molecule has 0 radical (unpaired) electrons. The fourth-order valence-electron chi connectivity index (χ4n) is 2.25. The van der Waals surface area contributed by atoms with Crippen LogP contribution in [-0.2, 0) is 17.8 Å². The van der Waals surface area contributed by atoms with Crippen LogP contribution in [0.4, 0.5) is 8.78 Å². The van der Waals surface area contributed by atoms with E-state index in [1.165, 1.54) is 18.2 Å². The lowest BCUT2D eigenvalue weighted by Gasteiger charge is -2.12. The van der Waals surface area contributed by atoms with Gasteiger partial charge in [0.2, 0.25) is 0 Å². The summed E-state index contributed by atoms with van der Waals surface area (Å²) in [5.74, 6) is 0.325. The van der Waals surface area contributed by atoms with Crippen molar-refractivity contribution in [2.24, 2.45) is 4.99 Å². The second kappa shape index (κ2) is 10.5. The average molecular weight is 351 g/mol. The van der Waals surface area contributed by atoms with E-state index in [2.05, 4.69) is 15.6 Å². The van der Waals surface area contributed by atoms with E-state index >= 15 is 0 Å². The highest BCUT2D eigenvalue weighted by atomic mass is 19.1. The molecule has 0 unspecified atom stereocenters. The summed E-state index contributed by atoms with van der Waals surface area (Å²) in [5, 5.41) is 6.16. The zero-order chi connectivity index (χ0) is 17.9. The minimum absolute atomic E-state index is 0.0804. The molecule has 0 aliphatic rings. The van der Waals surface area contributed by atoms with Crippen LogP contribution in [0, 0.1) is 11.6 Å². The summed E-state index contributed by atoms with van der Waals surface area (Å²) in [5.41, 5.74) is 0.0804. The van der Waals surface area contributed by atoms with E-state index in [1.54, 1.807) is 13.3 Å². The summed E-state index contributed by atoms with van der Waals surface area (Å²) in [6, 6.07) is 7.56. The van der Waals surface area contributed by atoms with Crippen molar-refractivity contribution in [3.8, 4) is 0 Å². The number of aliphatic imine (C=N–C) groups is 1. The molecule has 0 fully saturated rings. The summed E-state index contributed by atoms with van der Waals surface area (Å²) in [7, 11) is 1.65. The molecular formula is C18H23F2N3O2. The molecule has 0 aliphatic carbocycles. The molecule has 1 aromatic carbocycles. The Hall–Kier alpha value is -2.41. The highest BCUT2D eigenvalue weighted by molar-refractivity contribution is 5.79. The van der Waals surface area contributed by atoms with Crippen LogP contribution in [0.3, 0.4) is 0 Å². The normalized spacial score (nSPS) is 11.6. The molecule has 1 heterocycles. The lowest BCUT2D eigenvalue weighted by atomic mass is 10.1. The van der Waals surface area contributed by atoms with Crippen molar-refractivity contribution in [3.63, 3.8) is 0 Å². The number of nitrogens with one attached hydrogen (secondary N) is 2. The van der Waals surface area contributed by atoms with E-state index in [9.17, 15) is 8.78 Å². The zero-order valence-corrected chi connectivity index (χ0v) is 14.2. The summed E-state index contributed by atoms with van der Waals surface area (Å²) in [4.78, 5) is 4.07. The Morgan fingerprint density at radius 3 is 2.56 bits per heavy atom. The minimum atomic E-state index is -0.529. The first-order valence-corrected chi connectivity index (χ1v) is 8.18. The van der Waals surface area contributed by atoms with Crippen LogP contribution >= 0.6 is 0 Å². The number of guanidine groups is 1. The van der Waals surface area contributed by atoms with Gasteiger partial charge in [-0.05, 0) is 37.1 Å². The number of nitrogens with zero attached hydrogens (tertiary/aromatic N) is 1. The van der Waals surface area contributed by atoms with Gasteiger partial charge in [-0.25, -0.2) is 8.78 Å². The quantitative estimate of drug-likeness (QED) is 0.414. The fourth-order valence-corrected chi connectivity index (χ4v) is 2.25. The van der Waals surface area contributed by atoms with Gasteiger partial charge in [-0.3, -0.25) is 4.99 Å². The third-order valence-corrected chi connectivity index (χ3v) is 3.54. The second-order valence-electron chi connectivity index (χ2n) is 5.36. The Morgan fingerprint density at radius 1 is 1.12 bits per heavy atom. The van der Waals surface area contributed by atoms with E-state index < -0.39 is 11.6 Å². The van der Waals surface area contributed by atoms with E-state index in [0.29, 0.717) is 32.3 Å². The molecular weight excluding hydrogens is 328 g/mol. The third-order valence-electron chi connectivity index (χ3n) is 3.54. The Labute approximate surface area is 146 Å². The molecule has 2 aromatic rings. The standard InChI is InChI=1S/C18H23F2N3O2/c1-21-18(22-9-4-11-24-13-14-5-3-12-25-14)23-10-8-15-16(19)6-2-7-17(15)20/h2-3,5-7,12H,4,8-11,13H2,1H3,(H2,21,22,23). The van der Waals surface area contributed by atoms with Crippen LogP contribution in [-0.4, -0.2) is 32.7 Å². The van der Waals surface area contributed by atoms with E-state index in [4.69, 9.17) is 9.15 Å². The van der Waals surface area contributed by atoms with Crippen LogP contribution < -0.4 is 10.6 Å². The summed E-state index contributed by atoms with van der Waals surface area (Å²) >= 11 is 0. The summed E-state index contributed by atoms with van der Waals surface area (Å²) in [6.07, 6.45) is 2.65. The van der Waals surface area contributed by atoms with Crippen LogP contribution in [0.25, 0.3) is 0 Å². The Morgan fingerprint density at radius 2 is 1.88 bits per heavy atom. The van der Waals surface area contributed by atoms with Gasteiger partial charge < -0.3 is 19.8 Å². The number of furan rings is 1. The molecule has 7 heteroatoms. The number of halogens is 2. The first-order chi connectivity index (χ1) is 12.2. The van der Waals surface area contributed by atoms with Gasteiger partial charge in [0.25, 0.3) is 0 Å². The zero-order valence-electron chi connectivity index (χ0n) is 14.2. The van der Waals surface area contributed by atoms with Crippen molar-refractivity contribution in [2.45, 2.75) is 19.4 Å². The Kier molecular flexibility index (Phi) is 7.91. The second-order valence-corrected chi connectivity index (χ2v) is 5.36. The third kappa shape index (κ3) is 6.54. The van der Waals surface area contributed by atoms with Crippen molar-refractivity contribution in [1.29, 1.82) is 0 Å². The number of hydrogen-bond donors (Lipinski definition) is 2. The molecule has 0 atom stereocenters. The maximum Gasteiger partial charge on any atom is 0.190 e. The van der Waals surface area contributed by atoms with Gasteiger partial charge >= 0.3 is 0 Å². The van der Waals surface area contributed by atoms with Crippen molar-refractivity contribution >= 4 is 5.96 Å². The largest absolute Gasteiger partial charge is 0.467 e. The molecule has 25 heavy (non-hydrogen) atoms. The topological polar surface area (TPSA) is 58.8 Å². The lowest BCUT2D eigenvalue weighted by molar-refractivity contribution is 0.105. The molecule has 2 N–H and O–H groups in total. The Balaban J connectivity index is 1.59. The summed E-state index contributed by atoms with van der Waals surface area (Å²) < 4.78 is 37.7. The molecule has 0 bridgehead atoms. The van der Waals surface area contributed by atoms with E-state index in [1.807, 2.05) is 12.1 Å². The van der Waals surface area contributed by atoms with Gasteiger partial charge in [0.15, 0.2) is 5.96 Å². The molecule has 0 saturated heterocycles. The highest BCUT2D eigenvalue weighted by Crippen LogP contribution is 2.11. The first-order valence-electron chi connectivity index (χ1n) is 8.18. The van der Waals surface area contributed by atoms with E-state index in [0.717, 1.165) is 12.2 Å². The average Bonchev–Trinajstić information content (AvgIpc) is 3.12. The molecule has 136 valence electrons. The van der Waals surface area contributed by atoms with Gasteiger partial charge in [-0.1, -0.05) is 6.07 Å². The Bertz CT molecular complexity index is 640. The van der Waals surface area contributed by atoms with Gasteiger partial charge in [0, 0.05) is 32.3 Å². The predicted molar refractivity (Wildman–Crippen MR) is 92.4 cm³/mol.